The van der Waals surface area contributed by atoms with Crippen molar-refractivity contribution >= 4 is 44.1 Å². The van der Waals surface area contributed by atoms with E-state index in [1.807, 2.05) is 0 Å². The molecule has 3 N–H and O–H groups in total. The largest absolute Gasteiger partial charge is 0.478 e. The number of sulfone groups is 1. The van der Waals surface area contributed by atoms with Crippen molar-refractivity contribution in [2.45, 2.75) is 66.9 Å². The van der Waals surface area contributed by atoms with Gasteiger partial charge in [0.05, 0.1) is 33.6 Å². The highest BCUT2D eigenvalue weighted by Crippen LogP contribution is 2.35. The molecule has 12 nitrogen and oxygen atoms in total. The number of carboxylic acid groups (broad SMARTS) is 1. The van der Waals surface area contributed by atoms with Crippen molar-refractivity contribution in [2.24, 2.45) is 0 Å². The Morgan fingerprint density at radius 2 is 1.70 bits per heavy atom. The SMILES string of the molecule is O=C(O)c1cc(Oc2cnc(NC(=O)C(OC3CCOCC3)c3ccc(S(=O)(=O)C4CC4)cc3)s2)ccc1C(=O)NC1CC1. The Hall–Kier alpha value is -3.85. The van der Waals surface area contributed by atoms with Crippen molar-refractivity contribution in [2.75, 3.05) is 18.5 Å². The topological polar surface area (TPSA) is 170 Å². The van der Waals surface area contributed by atoms with Crippen LogP contribution in [0.4, 0.5) is 5.13 Å². The van der Waals surface area contributed by atoms with Crippen LogP contribution in [0.3, 0.4) is 0 Å². The van der Waals surface area contributed by atoms with Crippen LogP contribution >= 0.6 is 11.3 Å². The molecule has 2 aromatic carbocycles. The number of carbonyl (C=O) groups excluding carboxylic acids is 2. The number of aromatic nitrogens is 1. The van der Waals surface area contributed by atoms with E-state index in [1.54, 1.807) is 12.1 Å². The van der Waals surface area contributed by atoms with Crippen molar-refractivity contribution in [3.05, 3.63) is 65.4 Å². The quantitative estimate of drug-likeness (QED) is 0.259. The smallest absolute Gasteiger partial charge is 0.336 e. The molecule has 6 rings (SSSR count). The maximum atomic E-state index is 13.5. The van der Waals surface area contributed by atoms with Gasteiger partial charge in [-0.3, -0.25) is 14.9 Å². The van der Waals surface area contributed by atoms with E-state index in [0.29, 0.717) is 44.5 Å². The predicted molar refractivity (Wildman–Crippen MR) is 159 cm³/mol. The van der Waals surface area contributed by atoms with E-state index in [4.69, 9.17) is 14.2 Å². The van der Waals surface area contributed by atoms with Crippen molar-refractivity contribution in [3.8, 4) is 10.8 Å². The third-order valence-corrected chi connectivity index (χ3v) is 10.6. The summed E-state index contributed by atoms with van der Waals surface area (Å²) in [7, 11) is -3.38. The minimum atomic E-state index is -3.38. The standard InChI is InChI=1S/C30H31N3O9S2/c34-27(32-18-3-4-18)23-10-5-20(15-24(23)29(36)37)41-25-16-31-30(43-25)33-28(35)26(42-19-11-13-40-14-12-19)17-1-6-21(7-2-17)44(38,39)22-8-9-22/h1-2,5-7,10,15-16,18-19,22,26H,3-4,8-9,11-14H2,(H,32,34)(H,36,37)(H,31,33,35). The van der Waals surface area contributed by atoms with Gasteiger partial charge in [-0.1, -0.05) is 23.5 Å². The molecule has 2 aliphatic carbocycles. The Morgan fingerprint density at radius 1 is 0.977 bits per heavy atom. The van der Waals surface area contributed by atoms with Gasteiger partial charge < -0.3 is 24.6 Å². The molecule has 1 aliphatic heterocycles. The molecule has 1 saturated heterocycles. The summed E-state index contributed by atoms with van der Waals surface area (Å²) in [4.78, 5) is 42.2. The molecule has 0 bridgehead atoms. The lowest BCUT2D eigenvalue weighted by Crippen LogP contribution is -2.31. The van der Waals surface area contributed by atoms with Crippen LogP contribution in [0.15, 0.2) is 53.6 Å². The molecule has 3 fully saturated rings. The van der Waals surface area contributed by atoms with Gasteiger partial charge in [0.1, 0.15) is 5.75 Å². The van der Waals surface area contributed by atoms with Gasteiger partial charge in [-0.2, -0.15) is 0 Å². The fourth-order valence-corrected chi connectivity index (χ4v) is 7.15. The van der Waals surface area contributed by atoms with E-state index in [1.165, 1.54) is 36.5 Å². The number of anilines is 1. The van der Waals surface area contributed by atoms with Gasteiger partial charge in [-0.15, -0.1) is 0 Å². The fraction of sp³-hybridized carbons (Fsp3) is 0.400. The minimum absolute atomic E-state index is 0.0442. The number of nitrogens with zero attached hydrogens (tertiary/aromatic N) is 1. The minimum Gasteiger partial charge on any atom is -0.478 e. The summed E-state index contributed by atoms with van der Waals surface area (Å²) >= 11 is 1.03. The second-order valence-electron chi connectivity index (χ2n) is 11.0. The lowest BCUT2D eigenvalue weighted by molar-refractivity contribution is -0.136. The predicted octanol–water partition coefficient (Wildman–Crippen LogP) is 4.34. The maximum Gasteiger partial charge on any atom is 0.336 e. The van der Waals surface area contributed by atoms with Gasteiger partial charge in [0, 0.05) is 19.3 Å². The van der Waals surface area contributed by atoms with Gasteiger partial charge in [-0.25, -0.2) is 18.2 Å². The molecular formula is C30H31N3O9S2. The molecule has 1 unspecified atom stereocenters. The summed E-state index contributed by atoms with van der Waals surface area (Å²) in [5, 5.41) is 15.4. The van der Waals surface area contributed by atoms with Gasteiger partial charge in [-0.05, 0) is 74.4 Å². The summed E-state index contributed by atoms with van der Waals surface area (Å²) < 4.78 is 42.7. The van der Waals surface area contributed by atoms with E-state index >= 15 is 0 Å². The number of hydrogen-bond acceptors (Lipinski definition) is 10. The molecule has 3 aromatic rings. The van der Waals surface area contributed by atoms with Crippen LogP contribution in [0.2, 0.25) is 0 Å². The van der Waals surface area contributed by atoms with E-state index < -0.39 is 33.7 Å². The van der Waals surface area contributed by atoms with Crippen LogP contribution in [0.5, 0.6) is 10.8 Å². The number of carbonyl (C=O) groups is 3. The monoisotopic (exact) mass is 641 g/mol. The Morgan fingerprint density at radius 3 is 2.36 bits per heavy atom. The Labute approximate surface area is 257 Å². The third kappa shape index (κ3) is 7.09. The number of amides is 2. The van der Waals surface area contributed by atoms with Crippen molar-refractivity contribution < 1.29 is 42.1 Å². The van der Waals surface area contributed by atoms with Crippen molar-refractivity contribution in [1.29, 1.82) is 0 Å². The zero-order valence-electron chi connectivity index (χ0n) is 23.6. The lowest BCUT2D eigenvalue weighted by Gasteiger charge is -2.27. The normalized spacial score (nSPS) is 17.9. The first-order valence-corrected chi connectivity index (χ1v) is 16.7. The average Bonchev–Trinajstić information content (AvgIpc) is 3.96. The molecule has 2 saturated carbocycles. The number of thiazole rings is 1. The Bertz CT molecular complexity index is 1660. The van der Waals surface area contributed by atoms with E-state index in [0.717, 1.165) is 24.2 Å². The zero-order valence-corrected chi connectivity index (χ0v) is 25.2. The van der Waals surface area contributed by atoms with Crippen LogP contribution in [0.25, 0.3) is 0 Å². The van der Waals surface area contributed by atoms with Crippen LogP contribution < -0.4 is 15.4 Å². The van der Waals surface area contributed by atoms with Gasteiger partial charge >= 0.3 is 5.97 Å². The van der Waals surface area contributed by atoms with E-state index in [2.05, 4.69) is 15.6 Å². The number of benzene rings is 2. The fourth-order valence-electron chi connectivity index (χ4n) is 4.80. The van der Waals surface area contributed by atoms with Crippen LogP contribution in [0, 0.1) is 0 Å². The first-order valence-electron chi connectivity index (χ1n) is 14.4. The van der Waals surface area contributed by atoms with Crippen LogP contribution in [-0.2, 0) is 24.1 Å². The molecule has 14 heteroatoms. The molecule has 2 heterocycles. The second-order valence-corrected chi connectivity index (χ2v) is 14.2. The molecule has 44 heavy (non-hydrogen) atoms. The molecule has 1 aromatic heterocycles. The number of nitrogens with one attached hydrogen (secondary N) is 2. The van der Waals surface area contributed by atoms with E-state index in [9.17, 15) is 27.9 Å². The van der Waals surface area contributed by atoms with Gasteiger partial charge in [0.2, 0.25) is 5.06 Å². The lowest BCUT2D eigenvalue weighted by atomic mass is 10.1. The highest BCUT2D eigenvalue weighted by Gasteiger charge is 2.37. The van der Waals surface area contributed by atoms with E-state index in [-0.39, 0.29) is 49.4 Å². The summed E-state index contributed by atoms with van der Waals surface area (Å²) in [5.41, 5.74) is 0.356. The highest BCUT2D eigenvalue weighted by molar-refractivity contribution is 7.92. The molecule has 3 aliphatic rings. The third-order valence-electron chi connectivity index (χ3n) is 7.52. The number of rotatable bonds is 12. The molecule has 2 amide bonds. The maximum absolute atomic E-state index is 13.5. The molecular weight excluding hydrogens is 610 g/mol. The number of aromatic carboxylic acids is 1. The number of hydrogen-bond donors (Lipinski definition) is 3. The first-order chi connectivity index (χ1) is 21.2. The number of ether oxygens (including phenoxy) is 3. The van der Waals surface area contributed by atoms with Gasteiger partial charge in [0.15, 0.2) is 21.1 Å². The molecule has 232 valence electrons. The molecule has 0 radical (unpaired) electrons. The summed E-state index contributed by atoms with van der Waals surface area (Å²) in [5.74, 6) is -2.01. The van der Waals surface area contributed by atoms with Crippen LogP contribution in [0.1, 0.15) is 70.9 Å². The summed E-state index contributed by atoms with van der Waals surface area (Å²) in [6, 6.07) is 10.5. The Kier molecular flexibility index (Phi) is 8.67. The number of carboxylic acids is 1. The average molecular weight is 642 g/mol. The zero-order chi connectivity index (χ0) is 30.8. The first kappa shape index (κ1) is 30.2. The van der Waals surface area contributed by atoms with Crippen LogP contribution in [-0.4, -0.2) is 66.9 Å². The van der Waals surface area contributed by atoms with Gasteiger partial charge in [0.25, 0.3) is 11.8 Å². The molecule has 0 spiro atoms. The van der Waals surface area contributed by atoms with Crippen molar-refractivity contribution in [3.63, 3.8) is 0 Å². The molecule has 1 atom stereocenters. The second kappa shape index (κ2) is 12.6. The Balaban J connectivity index is 1.16. The summed E-state index contributed by atoms with van der Waals surface area (Å²) in [6.45, 7) is 1.03. The highest BCUT2D eigenvalue weighted by atomic mass is 32.2. The summed E-state index contributed by atoms with van der Waals surface area (Å²) in [6.07, 6.45) is 4.44. The van der Waals surface area contributed by atoms with Crippen molar-refractivity contribution in [1.82, 2.24) is 10.3 Å².